The summed E-state index contributed by atoms with van der Waals surface area (Å²) >= 11 is 6.23. The van der Waals surface area contributed by atoms with E-state index in [4.69, 9.17) is 0 Å². The normalized spacial score (nSPS) is 12.7. The van der Waals surface area contributed by atoms with Crippen molar-refractivity contribution in [2.24, 2.45) is 0 Å². The first-order valence-electron chi connectivity index (χ1n) is 3.72. The van der Waals surface area contributed by atoms with Crippen LogP contribution in [-0.4, -0.2) is 28.3 Å². The van der Waals surface area contributed by atoms with Gasteiger partial charge in [0.2, 0.25) is 5.91 Å². The molecule has 0 heterocycles. The lowest BCUT2D eigenvalue weighted by atomic mass is 10.1. The van der Waals surface area contributed by atoms with E-state index in [1.54, 1.807) is 6.92 Å². The van der Waals surface area contributed by atoms with Crippen molar-refractivity contribution in [1.82, 2.24) is 5.32 Å². The smallest absolute Gasteiger partial charge is 0.349 e. The summed E-state index contributed by atoms with van der Waals surface area (Å²) < 4.78 is 35.4. The van der Waals surface area contributed by atoms with E-state index in [9.17, 15) is 18.0 Å². The zero-order valence-electron chi connectivity index (χ0n) is 7.42. The third-order valence-electron chi connectivity index (χ3n) is 1.39. The van der Waals surface area contributed by atoms with E-state index >= 15 is 0 Å². The van der Waals surface area contributed by atoms with Crippen molar-refractivity contribution in [3.05, 3.63) is 0 Å². The topological polar surface area (TPSA) is 29.1 Å². The van der Waals surface area contributed by atoms with Crippen molar-refractivity contribution in [2.45, 2.75) is 25.1 Å². The van der Waals surface area contributed by atoms with Gasteiger partial charge in [0.1, 0.15) is 6.42 Å². The maximum atomic E-state index is 11.8. The van der Waals surface area contributed by atoms with E-state index < -0.39 is 24.0 Å². The quantitative estimate of drug-likeness (QED) is 0.783. The number of amides is 1. The second-order valence-electron chi connectivity index (χ2n) is 3.17. The van der Waals surface area contributed by atoms with E-state index in [0.29, 0.717) is 10.7 Å². The summed E-state index contributed by atoms with van der Waals surface area (Å²) in [6.45, 7) is 1.64. The van der Waals surface area contributed by atoms with Crippen LogP contribution in [0.25, 0.3) is 0 Å². The van der Waals surface area contributed by atoms with Crippen molar-refractivity contribution < 1.29 is 18.0 Å². The summed E-state index contributed by atoms with van der Waals surface area (Å²) in [5.41, 5.74) is -0.692. The number of halogens is 5. The van der Waals surface area contributed by atoms with Crippen LogP contribution in [-0.2, 0) is 4.79 Å². The van der Waals surface area contributed by atoms with Crippen molar-refractivity contribution >= 4 is 37.8 Å². The van der Waals surface area contributed by atoms with Crippen LogP contribution in [0.15, 0.2) is 0 Å². The lowest BCUT2D eigenvalue weighted by Crippen LogP contribution is -2.49. The van der Waals surface area contributed by atoms with Crippen LogP contribution in [0.5, 0.6) is 0 Å². The van der Waals surface area contributed by atoms with Crippen molar-refractivity contribution in [3.8, 4) is 0 Å². The van der Waals surface area contributed by atoms with Crippen LogP contribution in [0.3, 0.4) is 0 Å². The second kappa shape index (κ2) is 5.34. The predicted octanol–water partition coefficient (Wildman–Crippen LogP) is 2.60. The average molecular weight is 341 g/mol. The van der Waals surface area contributed by atoms with Gasteiger partial charge in [-0.3, -0.25) is 4.79 Å². The number of alkyl halides is 5. The molecule has 0 aliphatic heterocycles. The molecule has 0 radical (unpaired) electrons. The van der Waals surface area contributed by atoms with Crippen LogP contribution in [0.4, 0.5) is 13.2 Å². The van der Waals surface area contributed by atoms with Crippen molar-refractivity contribution in [3.63, 3.8) is 0 Å². The molecule has 0 aromatic carbocycles. The number of hydrogen-bond acceptors (Lipinski definition) is 1. The van der Waals surface area contributed by atoms with Gasteiger partial charge >= 0.3 is 6.18 Å². The van der Waals surface area contributed by atoms with Gasteiger partial charge in [-0.1, -0.05) is 31.9 Å². The molecule has 0 saturated carbocycles. The molecule has 14 heavy (non-hydrogen) atoms. The van der Waals surface area contributed by atoms with Gasteiger partial charge in [0.15, 0.2) is 0 Å². The molecule has 0 aromatic rings. The Hall–Kier alpha value is 0.220. The summed E-state index contributed by atoms with van der Waals surface area (Å²) in [6.07, 6.45) is -5.90. The van der Waals surface area contributed by atoms with Gasteiger partial charge in [-0.05, 0) is 6.92 Å². The molecule has 0 aromatic heterocycles. The molecule has 2 nitrogen and oxygen atoms in total. The first-order chi connectivity index (χ1) is 6.22. The molecule has 1 amide bonds. The first kappa shape index (κ1) is 14.2. The highest BCUT2D eigenvalue weighted by molar-refractivity contribution is 9.09. The van der Waals surface area contributed by atoms with E-state index in [0.717, 1.165) is 0 Å². The Morgan fingerprint density at radius 1 is 1.29 bits per heavy atom. The van der Waals surface area contributed by atoms with E-state index in [1.807, 2.05) is 0 Å². The number of nitrogens with one attached hydrogen (secondary N) is 1. The fraction of sp³-hybridized carbons (Fsp3) is 0.857. The lowest BCUT2D eigenvalue weighted by Gasteiger charge is -2.26. The molecule has 0 aliphatic carbocycles. The number of carbonyl (C=O) groups is 1. The summed E-state index contributed by atoms with van der Waals surface area (Å²) in [5.74, 6) is -1.01. The van der Waals surface area contributed by atoms with Crippen LogP contribution in [0.1, 0.15) is 13.3 Å². The van der Waals surface area contributed by atoms with E-state index in [1.165, 1.54) is 0 Å². The van der Waals surface area contributed by atoms with Crippen LogP contribution in [0.2, 0.25) is 0 Å². The van der Waals surface area contributed by atoms with Crippen molar-refractivity contribution in [2.75, 3.05) is 10.7 Å². The Bertz CT molecular complexity index is 204. The molecule has 0 bridgehead atoms. The van der Waals surface area contributed by atoms with Gasteiger partial charge in [-0.15, -0.1) is 0 Å². The minimum Gasteiger partial charge on any atom is -0.349 e. The number of hydrogen-bond donors (Lipinski definition) is 1. The average Bonchev–Trinajstić information content (AvgIpc) is 2.00. The van der Waals surface area contributed by atoms with Crippen LogP contribution in [0, 0.1) is 0 Å². The van der Waals surface area contributed by atoms with E-state index in [2.05, 4.69) is 37.2 Å². The van der Waals surface area contributed by atoms with Crippen LogP contribution < -0.4 is 5.32 Å². The Labute approximate surface area is 96.9 Å². The minimum absolute atomic E-state index is 0.384. The maximum absolute atomic E-state index is 11.8. The molecule has 0 aliphatic rings. The van der Waals surface area contributed by atoms with Crippen molar-refractivity contribution in [1.29, 1.82) is 0 Å². The Morgan fingerprint density at radius 3 is 2.00 bits per heavy atom. The molecule has 0 fully saturated rings. The summed E-state index contributed by atoms with van der Waals surface area (Å²) in [7, 11) is 0. The van der Waals surface area contributed by atoms with Gasteiger partial charge < -0.3 is 5.32 Å². The molecular formula is C7H10Br2F3NO. The molecule has 0 rings (SSSR count). The highest BCUT2D eigenvalue weighted by Crippen LogP contribution is 2.20. The fourth-order valence-electron chi connectivity index (χ4n) is 0.665. The zero-order chi connectivity index (χ0) is 11.4. The molecule has 0 saturated heterocycles. The fourth-order valence-corrected chi connectivity index (χ4v) is 1.87. The minimum atomic E-state index is -4.45. The lowest BCUT2D eigenvalue weighted by molar-refractivity contribution is -0.154. The van der Waals surface area contributed by atoms with Gasteiger partial charge in [0.25, 0.3) is 0 Å². The monoisotopic (exact) mass is 339 g/mol. The first-order valence-corrected chi connectivity index (χ1v) is 5.96. The van der Waals surface area contributed by atoms with E-state index in [-0.39, 0.29) is 0 Å². The molecule has 0 spiro atoms. The molecule has 0 atom stereocenters. The van der Waals surface area contributed by atoms with Gasteiger partial charge in [-0.25, -0.2) is 0 Å². The number of carbonyl (C=O) groups excluding carboxylic acids is 1. The maximum Gasteiger partial charge on any atom is 0.397 e. The molecule has 0 unspecified atom stereocenters. The zero-order valence-corrected chi connectivity index (χ0v) is 10.6. The summed E-state index contributed by atoms with van der Waals surface area (Å²) in [6, 6.07) is 0. The molecular weight excluding hydrogens is 331 g/mol. The Balaban J connectivity index is 4.18. The van der Waals surface area contributed by atoms with Gasteiger partial charge in [-0.2, -0.15) is 13.2 Å². The van der Waals surface area contributed by atoms with Gasteiger partial charge in [0.05, 0.1) is 5.54 Å². The highest BCUT2D eigenvalue weighted by atomic mass is 79.9. The highest BCUT2D eigenvalue weighted by Gasteiger charge is 2.34. The second-order valence-corrected chi connectivity index (χ2v) is 4.29. The summed E-state index contributed by atoms with van der Waals surface area (Å²) in [5, 5.41) is 3.06. The van der Waals surface area contributed by atoms with Crippen LogP contribution >= 0.6 is 31.9 Å². The largest absolute Gasteiger partial charge is 0.397 e. The summed E-state index contributed by atoms with van der Waals surface area (Å²) in [4.78, 5) is 10.9. The molecule has 7 heteroatoms. The van der Waals surface area contributed by atoms with Gasteiger partial charge in [0, 0.05) is 10.7 Å². The Morgan fingerprint density at radius 2 is 1.71 bits per heavy atom. The number of rotatable bonds is 4. The third-order valence-corrected chi connectivity index (χ3v) is 3.87. The Kier molecular flexibility index (Phi) is 5.43. The molecule has 1 N–H and O–H groups in total. The molecule has 84 valence electrons. The standard InChI is InChI=1S/C7H10Br2F3NO/c1-6(3-8,4-9)13-5(14)2-7(10,11)12/h2-4H2,1H3,(H,13,14). The third kappa shape index (κ3) is 5.85. The SMILES string of the molecule is CC(CBr)(CBr)NC(=O)CC(F)(F)F. The predicted molar refractivity (Wildman–Crippen MR) is 54.8 cm³/mol.